The van der Waals surface area contributed by atoms with E-state index in [1.165, 1.54) is 11.3 Å². The van der Waals surface area contributed by atoms with Gasteiger partial charge in [-0.05, 0) is 31.2 Å². The molecular formula is C14H22ClN3O3S. The molecule has 0 aliphatic carbocycles. The highest BCUT2D eigenvalue weighted by Gasteiger charge is 2.20. The van der Waals surface area contributed by atoms with Gasteiger partial charge >= 0.3 is 5.97 Å². The fourth-order valence-electron chi connectivity index (χ4n) is 2.26. The van der Waals surface area contributed by atoms with Crippen molar-refractivity contribution in [3.63, 3.8) is 0 Å². The van der Waals surface area contributed by atoms with Gasteiger partial charge in [0.1, 0.15) is 5.00 Å². The number of likely N-dealkylation sites (tertiary alicyclic amines) is 1. The minimum absolute atomic E-state index is 0. The van der Waals surface area contributed by atoms with Crippen LogP contribution in [-0.4, -0.2) is 49.1 Å². The number of nitrogens with two attached hydrogens (primary N) is 1. The Balaban J connectivity index is 0.00000242. The summed E-state index contributed by atoms with van der Waals surface area (Å²) >= 11 is 1.32. The lowest BCUT2D eigenvalue weighted by Gasteiger charge is -2.29. The molecule has 1 saturated heterocycles. The van der Waals surface area contributed by atoms with Crippen LogP contribution >= 0.6 is 23.7 Å². The third-order valence-corrected chi connectivity index (χ3v) is 4.24. The van der Waals surface area contributed by atoms with E-state index in [4.69, 9.17) is 10.5 Å². The third kappa shape index (κ3) is 5.24. The second kappa shape index (κ2) is 9.09. The summed E-state index contributed by atoms with van der Waals surface area (Å²) in [6, 6.07) is 1.91. The van der Waals surface area contributed by atoms with Crippen LogP contribution < -0.4 is 11.1 Å². The number of amides is 1. The number of thiophene rings is 1. The topological polar surface area (TPSA) is 84.7 Å². The number of carbonyl (C=O) groups is 2. The van der Waals surface area contributed by atoms with Gasteiger partial charge in [0.05, 0.1) is 18.7 Å². The summed E-state index contributed by atoms with van der Waals surface area (Å²) in [5, 5.41) is 5.11. The monoisotopic (exact) mass is 347 g/mol. The first-order valence-electron chi connectivity index (χ1n) is 7.12. The standard InChI is InChI=1S/C14H21N3O3S.ClH/c1-2-20-14(19)11-5-8-21-13(11)16-12(18)9-17-6-3-10(15)4-7-17;/h5,8,10H,2-4,6-7,9,15H2,1H3,(H,16,18);1H. The van der Waals surface area contributed by atoms with Crippen molar-refractivity contribution >= 4 is 40.6 Å². The van der Waals surface area contributed by atoms with Crippen molar-refractivity contribution in [2.75, 3.05) is 31.6 Å². The van der Waals surface area contributed by atoms with Gasteiger partial charge in [0, 0.05) is 19.1 Å². The average Bonchev–Trinajstić information content (AvgIpc) is 2.90. The molecule has 1 aliphatic rings. The van der Waals surface area contributed by atoms with Crippen LogP contribution in [0.3, 0.4) is 0 Å². The summed E-state index contributed by atoms with van der Waals surface area (Å²) in [5.41, 5.74) is 6.25. The summed E-state index contributed by atoms with van der Waals surface area (Å²) in [7, 11) is 0. The molecule has 3 N–H and O–H groups in total. The molecule has 0 bridgehead atoms. The summed E-state index contributed by atoms with van der Waals surface area (Å²) in [5.74, 6) is -0.517. The lowest BCUT2D eigenvalue weighted by Crippen LogP contribution is -2.43. The lowest BCUT2D eigenvalue weighted by molar-refractivity contribution is -0.117. The summed E-state index contributed by atoms with van der Waals surface area (Å²) in [4.78, 5) is 25.9. The van der Waals surface area contributed by atoms with Crippen molar-refractivity contribution in [3.8, 4) is 0 Å². The van der Waals surface area contributed by atoms with Crippen molar-refractivity contribution in [3.05, 3.63) is 17.0 Å². The molecule has 2 rings (SSSR count). The fraction of sp³-hybridized carbons (Fsp3) is 0.571. The second-order valence-corrected chi connectivity index (χ2v) is 5.96. The Kier molecular flexibility index (Phi) is 7.81. The molecule has 1 amide bonds. The van der Waals surface area contributed by atoms with Gasteiger partial charge < -0.3 is 15.8 Å². The second-order valence-electron chi connectivity index (χ2n) is 5.05. The SMILES string of the molecule is CCOC(=O)c1ccsc1NC(=O)CN1CCC(N)CC1.Cl. The van der Waals surface area contributed by atoms with Gasteiger partial charge in [0.25, 0.3) is 0 Å². The first kappa shape index (κ1) is 18.9. The molecule has 0 saturated carbocycles. The van der Waals surface area contributed by atoms with Crippen molar-refractivity contribution in [2.45, 2.75) is 25.8 Å². The number of esters is 1. The molecule has 124 valence electrons. The van der Waals surface area contributed by atoms with Gasteiger partial charge in [-0.15, -0.1) is 23.7 Å². The first-order chi connectivity index (χ1) is 10.1. The number of carbonyl (C=O) groups excluding carboxylic acids is 2. The van der Waals surface area contributed by atoms with Crippen molar-refractivity contribution in [1.82, 2.24) is 4.90 Å². The van der Waals surface area contributed by atoms with Crippen LogP contribution in [0.1, 0.15) is 30.1 Å². The van der Waals surface area contributed by atoms with Crippen molar-refractivity contribution < 1.29 is 14.3 Å². The summed E-state index contributed by atoms with van der Waals surface area (Å²) in [6.45, 7) is 4.07. The number of ether oxygens (including phenoxy) is 1. The van der Waals surface area contributed by atoms with Crippen LogP contribution in [0.15, 0.2) is 11.4 Å². The number of piperidine rings is 1. The molecular weight excluding hydrogens is 326 g/mol. The van der Waals surface area contributed by atoms with Crippen LogP contribution in [-0.2, 0) is 9.53 Å². The Hall–Kier alpha value is -1.15. The Bertz CT molecular complexity index is 501. The number of hydrogen-bond acceptors (Lipinski definition) is 6. The molecule has 22 heavy (non-hydrogen) atoms. The van der Waals surface area contributed by atoms with E-state index in [-0.39, 0.29) is 24.4 Å². The van der Waals surface area contributed by atoms with Crippen LogP contribution in [0.5, 0.6) is 0 Å². The van der Waals surface area contributed by atoms with Crippen molar-refractivity contribution in [2.24, 2.45) is 5.73 Å². The molecule has 1 aliphatic heterocycles. The molecule has 1 aromatic rings. The van der Waals surface area contributed by atoms with Crippen LogP contribution in [0.25, 0.3) is 0 Å². The van der Waals surface area contributed by atoms with E-state index in [9.17, 15) is 9.59 Å². The van der Waals surface area contributed by atoms with Gasteiger partial charge in [-0.1, -0.05) is 0 Å². The molecule has 0 atom stereocenters. The molecule has 2 heterocycles. The van der Waals surface area contributed by atoms with E-state index >= 15 is 0 Å². The predicted molar refractivity (Wildman–Crippen MR) is 89.8 cm³/mol. The zero-order valence-corrected chi connectivity index (χ0v) is 14.2. The molecule has 8 heteroatoms. The van der Waals surface area contributed by atoms with Gasteiger partial charge in [0.2, 0.25) is 5.91 Å². The van der Waals surface area contributed by atoms with E-state index in [1.807, 2.05) is 0 Å². The minimum Gasteiger partial charge on any atom is -0.462 e. The smallest absolute Gasteiger partial charge is 0.341 e. The molecule has 0 unspecified atom stereocenters. The zero-order chi connectivity index (χ0) is 15.2. The van der Waals surface area contributed by atoms with Crippen LogP contribution in [0.4, 0.5) is 5.00 Å². The normalized spacial score (nSPS) is 15.9. The maximum absolute atomic E-state index is 12.1. The highest BCUT2D eigenvalue weighted by molar-refractivity contribution is 7.14. The first-order valence-corrected chi connectivity index (χ1v) is 8.00. The Labute approximate surface area is 140 Å². The lowest BCUT2D eigenvalue weighted by atomic mass is 10.1. The van der Waals surface area contributed by atoms with E-state index in [2.05, 4.69) is 10.2 Å². The minimum atomic E-state index is -0.405. The molecule has 6 nitrogen and oxygen atoms in total. The Morgan fingerprint density at radius 1 is 1.45 bits per heavy atom. The molecule has 1 aromatic heterocycles. The highest BCUT2D eigenvalue weighted by atomic mass is 35.5. The van der Waals surface area contributed by atoms with E-state index in [1.54, 1.807) is 18.4 Å². The molecule has 0 radical (unpaired) electrons. The van der Waals surface area contributed by atoms with E-state index in [0.717, 1.165) is 25.9 Å². The number of anilines is 1. The third-order valence-electron chi connectivity index (χ3n) is 3.41. The maximum atomic E-state index is 12.1. The van der Waals surface area contributed by atoms with E-state index < -0.39 is 5.97 Å². The summed E-state index contributed by atoms with van der Waals surface area (Å²) in [6.07, 6.45) is 1.83. The quantitative estimate of drug-likeness (QED) is 0.792. The van der Waals surface area contributed by atoms with Gasteiger partial charge in [-0.3, -0.25) is 9.69 Å². The van der Waals surface area contributed by atoms with Crippen LogP contribution in [0.2, 0.25) is 0 Å². The predicted octanol–water partition coefficient (Wildman–Crippen LogP) is 1.71. The van der Waals surface area contributed by atoms with Crippen LogP contribution in [0, 0.1) is 0 Å². The highest BCUT2D eigenvalue weighted by Crippen LogP contribution is 2.24. The number of halogens is 1. The molecule has 0 aromatic carbocycles. The summed E-state index contributed by atoms with van der Waals surface area (Å²) < 4.78 is 4.96. The van der Waals surface area contributed by atoms with E-state index in [0.29, 0.717) is 23.7 Å². The molecule has 0 spiro atoms. The Morgan fingerprint density at radius 2 is 2.14 bits per heavy atom. The zero-order valence-electron chi connectivity index (χ0n) is 12.5. The van der Waals surface area contributed by atoms with Gasteiger partial charge in [-0.25, -0.2) is 4.79 Å². The van der Waals surface area contributed by atoms with Gasteiger partial charge in [-0.2, -0.15) is 0 Å². The average molecular weight is 348 g/mol. The van der Waals surface area contributed by atoms with Gasteiger partial charge in [0.15, 0.2) is 0 Å². The number of nitrogens with one attached hydrogen (secondary N) is 1. The number of nitrogens with zero attached hydrogens (tertiary/aromatic N) is 1. The Morgan fingerprint density at radius 3 is 2.77 bits per heavy atom. The number of rotatable bonds is 5. The largest absolute Gasteiger partial charge is 0.462 e. The van der Waals surface area contributed by atoms with Crippen molar-refractivity contribution in [1.29, 1.82) is 0 Å². The number of hydrogen-bond donors (Lipinski definition) is 2. The molecule has 1 fully saturated rings. The fourth-order valence-corrected chi connectivity index (χ4v) is 3.05. The maximum Gasteiger partial charge on any atom is 0.341 e.